The van der Waals surface area contributed by atoms with Gasteiger partial charge < -0.3 is 18.9 Å². The number of aryl methyl sites for hydroxylation is 2. The van der Waals surface area contributed by atoms with Gasteiger partial charge in [-0.3, -0.25) is 0 Å². The van der Waals surface area contributed by atoms with Crippen LogP contribution in [-0.4, -0.2) is 45.1 Å². The minimum absolute atomic E-state index is 0.0747. The number of oxime groups is 1. The van der Waals surface area contributed by atoms with Gasteiger partial charge in [-0.25, -0.2) is 4.79 Å². The molecule has 182 valence electrons. The maximum atomic E-state index is 12.2. The van der Waals surface area contributed by atoms with Gasteiger partial charge in [0.25, 0.3) is 0 Å². The number of rotatable bonds is 9. The second-order valence-corrected chi connectivity index (χ2v) is 8.16. The van der Waals surface area contributed by atoms with E-state index >= 15 is 0 Å². The number of hydrogen-bond acceptors (Lipinski definition) is 7. The Morgan fingerprint density at radius 3 is 2.69 bits per heavy atom. The molecule has 0 saturated carbocycles. The summed E-state index contributed by atoms with van der Waals surface area (Å²) in [5, 5.41) is 8.61. The molecule has 0 aliphatic rings. The third kappa shape index (κ3) is 4.72. The zero-order valence-electron chi connectivity index (χ0n) is 20.0. The van der Waals surface area contributed by atoms with Gasteiger partial charge in [-0.15, -0.1) is 0 Å². The highest BCUT2D eigenvalue weighted by Gasteiger charge is 2.21. The van der Waals surface area contributed by atoms with Crippen molar-refractivity contribution in [3.63, 3.8) is 0 Å². The molecule has 0 bridgehead atoms. The average molecular weight is 496 g/mol. The van der Waals surface area contributed by atoms with E-state index in [1.54, 1.807) is 10.6 Å². The fraction of sp³-hybridized carbons (Fsp3) is 0.280. The second-order valence-electron chi connectivity index (χ2n) is 7.80. The van der Waals surface area contributed by atoms with E-state index < -0.39 is 5.97 Å². The van der Waals surface area contributed by atoms with E-state index in [0.717, 1.165) is 35.3 Å². The molecule has 9 nitrogen and oxygen atoms in total. The number of fused-ring (bicyclic) bond motifs is 1. The Bertz CT molecular complexity index is 1390. The summed E-state index contributed by atoms with van der Waals surface area (Å²) in [4.78, 5) is 21.4. The lowest BCUT2D eigenvalue weighted by Crippen LogP contribution is -2.19. The number of carbonyl (C=O) groups is 1. The molecule has 0 atom stereocenters. The molecule has 4 rings (SSSR count). The number of hydrogen-bond donors (Lipinski definition) is 0. The number of carbonyl (C=O) groups excluding carboxylic acids is 1. The van der Waals surface area contributed by atoms with E-state index in [4.69, 9.17) is 25.9 Å². The van der Waals surface area contributed by atoms with E-state index in [2.05, 4.69) is 26.7 Å². The minimum atomic E-state index is -0.590. The van der Waals surface area contributed by atoms with Gasteiger partial charge in [0.15, 0.2) is 10.9 Å². The van der Waals surface area contributed by atoms with Crippen LogP contribution >= 0.6 is 11.6 Å². The van der Waals surface area contributed by atoms with E-state index in [1.807, 2.05) is 43.3 Å². The fourth-order valence-electron chi connectivity index (χ4n) is 3.98. The molecule has 2 aromatic carbocycles. The lowest BCUT2D eigenvalue weighted by Gasteiger charge is -2.14. The summed E-state index contributed by atoms with van der Waals surface area (Å²) in [5.74, 6) is 0.798. The molecule has 0 aliphatic heterocycles. The molecule has 2 aromatic heterocycles. The number of esters is 1. The Morgan fingerprint density at radius 1 is 1.17 bits per heavy atom. The second kappa shape index (κ2) is 10.6. The zero-order chi connectivity index (χ0) is 24.9. The van der Waals surface area contributed by atoms with Crippen LogP contribution in [0.15, 0.2) is 53.9 Å². The predicted octanol–water partition coefficient (Wildman–Crippen LogP) is 4.67. The Labute approximate surface area is 207 Å². The minimum Gasteiger partial charge on any atom is -0.489 e. The van der Waals surface area contributed by atoms with Crippen LogP contribution in [0.25, 0.3) is 17.0 Å². The van der Waals surface area contributed by atoms with Crippen molar-refractivity contribution in [2.24, 2.45) is 5.16 Å². The normalized spacial score (nSPS) is 11.6. The van der Waals surface area contributed by atoms with Crippen LogP contribution in [0.5, 0.6) is 5.75 Å². The van der Waals surface area contributed by atoms with E-state index in [9.17, 15) is 4.79 Å². The summed E-state index contributed by atoms with van der Waals surface area (Å²) in [5.41, 5.74) is 4.26. The van der Waals surface area contributed by atoms with Crippen LogP contribution in [0.3, 0.4) is 0 Å². The Hall–Kier alpha value is -3.85. The van der Waals surface area contributed by atoms with Crippen molar-refractivity contribution in [1.82, 2.24) is 19.2 Å². The van der Waals surface area contributed by atoms with Gasteiger partial charge in [0.2, 0.25) is 5.78 Å². The van der Waals surface area contributed by atoms with Gasteiger partial charge in [0.1, 0.15) is 25.8 Å². The van der Waals surface area contributed by atoms with Crippen LogP contribution in [0.1, 0.15) is 30.0 Å². The molecule has 0 spiro atoms. The monoisotopic (exact) mass is 495 g/mol. The number of methoxy groups -OCH3 is 1. The standard InChI is InChI=1S/C25H26ClN5O4/c1-5-12-30-22(23(26)31-25(30)27-15-28-31)19-11-10-18(13-16(19)2)35-14-17-8-6-7-9-20(17)21(29-34-4)24(32)33-3/h6-11,13,15H,5,12,14H2,1-4H3/b29-21-. The first-order valence-corrected chi connectivity index (χ1v) is 11.5. The van der Waals surface area contributed by atoms with Gasteiger partial charge in [-0.2, -0.15) is 14.6 Å². The molecule has 0 radical (unpaired) electrons. The van der Waals surface area contributed by atoms with E-state index in [0.29, 0.717) is 22.2 Å². The molecule has 4 aromatic rings. The van der Waals surface area contributed by atoms with Gasteiger partial charge >= 0.3 is 5.97 Å². The topological polar surface area (TPSA) is 92.2 Å². The summed E-state index contributed by atoms with van der Waals surface area (Å²) >= 11 is 6.69. The fourth-order valence-corrected chi connectivity index (χ4v) is 4.30. The molecular formula is C25H26ClN5O4. The Balaban J connectivity index is 1.62. The van der Waals surface area contributed by atoms with Crippen LogP contribution in [0.4, 0.5) is 0 Å². The summed E-state index contributed by atoms with van der Waals surface area (Å²) in [6.07, 6.45) is 2.43. The number of nitrogens with zero attached hydrogens (tertiary/aromatic N) is 5. The van der Waals surface area contributed by atoms with Gasteiger partial charge in [0, 0.05) is 17.7 Å². The van der Waals surface area contributed by atoms with Crippen molar-refractivity contribution in [3.8, 4) is 17.0 Å². The number of aromatic nitrogens is 4. The SMILES string of the molecule is CCCn1c(-c2ccc(OCc3ccccc3/C(=N/OC)C(=O)OC)cc2C)c(Cl)n2ncnc12. The molecule has 0 amide bonds. The molecule has 0 N–H and O–H groups in total. The third-order valence-corrected chi connectivity index (χ3v) is 5.89. The number of ether oxygens (including phenoxy) is 2. The largest absolute Gasteiger partial charge is 0.489 e. The van der Waals surface area contributed by atoms with Crippen molar-refractivity contribution < 1.29 is 19.1 Å². The highest BCUT2D eigenvalue weighted by atomic mass is 35.5. The van der Waals surface area contributed by atoms with Crippen LogP contribution in [-0.2, 0) is 27.5 Å². The summed E-state index contributed by atoms with van der Waals surface area (Å²) < 4.78 is 14.7. The van der Waals surface area contributed by atoms with Crippen molar-refractivity contribution in [2.75, 3.05) is 14.2 Å². The molecular weight excluding hydrogens is 470 g/mol. The third-order valence-electron chi connectivity index (χ3n) is 5.55. The predicted molar refractivity (Wildman–Crippen MR) is 133 cm³/mol. The quantitative estimate of drug-likeness (QED) is 0.190. The molecule has 0 fully saturated rings. The maximum absolute atomic E-state index is 12.2. The number of halogens is 1. The van der Waals surface area contributed by atoms with E-state index in [-0.39, 0.29) is 12.3 Å². The first-order chi connectivity index (χ1) is 17.0. The molecule has 2 heterocycles. The van der Waals surface area contributed by atoms with Gasteiger partial charge in [0.05, 0.1) is 12.8 Å². The highest BCUT2D eigenvalue weighted by molar-refractivity contribution is 6.43. The van der Waals surface area contributed by atoms with Crippen LogP contribution in [0.2, 0.25) is 5.15 Å². The first-order valence-electron chi connectivity index (χ1n) is 11.1. The van der Waals surface area contributed by atoms with Gasteiger partial charge in [-0.1, -0.05) is 47.9 Å². The van der Waals surface area contributed by atoms with Crippen molar-refractivity contribution >= 4 is 29.1 Å². The lowest BCUT2D eigenvalue weighted by molar-refractivity contribution is -0.132. The summed E-state index contributed by atoms with van der Waals surface area (Å²) in [6.45, 7) is 5.10. The van der Waals surface area contributed by atoms with Crippen LogP contribution < -0.4 is 4.74 Å². The lowest BCUT2D eigenvalue weighted by atomic mass is 10.0. The molecule has 35 heavy (non-hydrogen) atoms. The molecule has 10 heteroatoms. The maximum Gasteiger partial charge on any atom is 0.360 e. The van der Waals surface area contributed by atoms with E-state index in [1.165, 1.54) is 20.5 Å². The van der Waals surface area contributed by atoms with Crippen molar-refractivity contribution in [2.45, 2.75) is 33.4 Å². The first kappa shape index (κ1) is 24.3. The zero-order valence-corrected chi connectivity index (χ0v) is 20.7. The highest BCUT2D eigenvalue weighted by Crippen LogP contribution is 2.35. The number of imidazole rings is 1. The molecule has 0 unspecified atom stereocenters. The van der Waals surface area contributed by atoms with Gasteiger partial charge in [-0.05, 0) is 42.7 Å². The Morgan fingerprint density at radius 2 is 1.97 bits per heavy atom. The van der Waals surface area contributed by atoms with Crippen molar-refractivity contribution in [3.05, 3.63) is 70.6 Å². The molecule has 0 aliphatic carbocycles. The number of benzene rings is 2. The Kier molecular flexibility index (Phi) is 7.36. The average Bonchev–Trinajstić information content (AvgIpc) is 3.44. The van der Waals surface area contributed by atoms with Crippen molar-refractivity contribution in [1.29, 1.82) is 0 Å². The molecule has 0 saturated heterocycles. The smallest absolute Gasteiger partial charge is 0.360 e. The summed E-state index contributed by atoms with van der Waals surface area (Å²) in [7, 11) is 2.68. The summed E-state index contributed by atoms with van der Waals surface area (Å²) in [6, 6.07) is 13.2. The van der Waals surface area contributed by atoms with Crippen LogP contribution in [0, 0.1) is 6.92 Å².